The lowest BCUT2D eigenvalue weighted by molar-refractivity contribution is -0.141. The molecule has 1 saturated heterocycles. The third-order valence-corrected chi connectivity index (χ3v) is 7.53. The summed E-state index contributed by atoms with van der Waals surface area (Å²) < 4.78 is 0. The van der Waals surface area contributed by atoms with E-state index >= 15 is 0 Å². The summed E-state index contributed by atoms with van der Waals surface area (Å²) in [6.45, 7) is 0.228. The number of aromatic nitrogens is 1. The number of carbonyl (C=O) groups excluding carboxylic acids is 3. The highest BCUT2D eigenvalue weighted by atomic mass is 32.1. The number of carboxylic acid groups (broad SMARTS) is 1. The first-order chi connectivity index (χ1) is 17.4. The second kappa shape index (κ2) is 14.1. The van der Waals surface area contributed by atoms with Gasteiger partial charge in [-0.05, 0) is 25.2 Å². The molecule has 11 heteroatoms. The van der Waals surface area contributed by atoms with Crippen molar-refractivity contribution in [1.29, 1.82) is 0 Å². The summed E-state index contributed by atoms with van der Waals surface area (Å²) in [6.07, 6.45) is 8.74. The fraction of sp³-hybridized carbons (Fsp3) is 0.640. The quantitative estimate of drug-likeness (QED) is 0.252. The number of hydrogen-bond acceptors (Lipinski definition) is 8. The summed E-state index contributed by atoms with van der Waals surface area (Å²) in [5, 5.41) is 16.8. The first-order valence-electron chi connectivity index (χ1n) is 12.6. The minimum absolute atomic E-state index is 0.0898. The van der Waals surface area contributed by atoms with E-state index in [1.807, 2.05) is 0 Å². The largest absolute Gasteiger partial charge is 0.480 e. The van der Waals surface area contributed by atoms with Gasteiger partial charge in [-0.1, -0.05) is 43.9 Å². The number of nitrogens with one attached hydrogen (secondary N) is 2. The molecular formula is C25H35N5O5S. The molecule has 5 N–H and O–H groups in total. The smallest absolute Gasteiger partial charge is 0.317 e. The number of ketones is 1. The van der Waals surface area contributed by atoms with Crippen LogP contribution in [0.4, 0.5) is 0 Å². The molecular weight excluding hydrogens is 482 g/mol. The van der Waals surface area contributed by atoms with E-state index in [1.54, 1.807) is 5.38 Å². The Labute approximate surface area is 215 Å². The molecule has 3 rings (SSSR count). The van der Waals surface area contributed by atoms with Crippen molar-refractivity contribution >= 4 is 34.9 Å². The first-order valence-corrected chi connectivity index (χ1v) is 13.4. The van der Waals surface area contributed by atoms with Crippen LogP contribution in [0.1, 0.15) is 67.6 Å². The molecule has 36 heavy (non-hydrogen) atoms. The molecule has 1 aliphatic carbocycles. The number of nitrogens with two attached hydrogens (primary N) is 1. The van der Waals surface area contributed by atoms with Crippen LogP contribution < -0.4 is 16.4 Å². The summed E-state index contributed by atoms with van der Waals surface area (Å²) in [5.74, 6) is 3.84. The summed E-state index contributed by atoms with van der Waals surface area (Å²) in [7, 11) is 0. The number of carboxylic acids is 1. The van der Waals surface area contributed by atoms with Crippen LogP contribution in [-0.4, -0.2) is 76.3 Å². The van der Waals surface area contributed by atoms with Gasteiger partial charge in [0.2, 0.25) is 17.6 Å². The lowest BCUT2D eigenvalue weighted by Crippen LogP contribution is -2.55. The Hall–Kier alpha value is -2.81. The second-order valence-electron chi connectivity index (χ2n) is 9.28. The number of hydrogen-bond donors (Lipinski definition) is 4. The molecule has 1 aromatic heterocycles. The second-order valence-corrected chi connectivity index (χ2v) is 10.2. The Kier molecular flexibility index (Phi) is 10.8. The van der Waals surface area contributed by atoms with Gasteiger partial charge < -0.3 is 21.1 Å². The molecule has 0 radical (unpaired) electrons. The Morgan fingerprint density at radius 1 is 1.14 bits per heavy atom. The van der Waals surface area contributed by atoms with Gasteiger partial charge >= 0.3 is 5.97 Å². The van der Waals surface area contributed by atoms with Crippen molar-refractivity contribution in [2.45, 2.75) is 75.9 Å². The van der Waals surface area contributed by atoms with Crippen molar-refractivity contribution in [2.75, 3.05) is 19.6 Å². The lowest BCUT2D eigenvalue weighted by atomic mass is 9.84. The van der Waals surface area contributed by atoms with Crippen LogP contribution in [0.3, 0.4) is 0 Å². The molecule has 2 amide bonds. The van der Waals surface area contributed by atoms with Crippen LogP contribution in [0.5, 0.6) is 0 Å². The van der Waals surface area contributed by atoms with E-state index < -0.39 is 30.0 Å². The van der Waals surface area contributed by atoms with Crippen molar-refractivity contribution in [3.63, 3.8) is 0 Å². The Bertz CT molecular complexity index is 967. The van der Waals surface area contributed by atoms with Crippen molar-refractivity contribution in [3.8, 4) is 11.8 Å². The molecule has 1 aromatic rings. The third-order valence-electron chi connectivity index (χ3n) is 6.74. The predicted molar refractivity (Wildman–Crippen MR) is 135 cm³/mol. The van der Waals surface area contributed by atoms with Gasteiger partial charge in [-0.25, -0.2) is 4.98 Å². The Morgan fingerprint density at radius 2 is 1.92 bits per heavy atom. The molecule has 2 heterocycles. The molecule has 2 fully saturated rings. The van der Waals surface area contributed by atoms with Crippen molar-refractivity contribution in [3.05, 3.63) is 16.6 Å². The summed E-state index contributed by atoms with van der Waals surface area (Å²) >= 11 is 1.19. The normalized spacial score (nSPS) is 19.7. The molecule has 196 valence electrons. The summed E-state index contributed by atoms with van der Waals surface area (Å²) in [6, 6.07) is -2.30. The van der Waals surface area contributed by atoms with Gasteiger partial charge in [0, 0.05) is 24.5 Å². The fourth-order valence-electron chi connectivity index (χ4n) is 4.96. The number of Topliss-reactive ketones (excluding diaryl/α,β-unsaturated/α-hetero) is 1. The average Bonchev–Trinajstić information content (AvgIpc) is 3.58. The summed E-state index contributed by atoms with van der Waals surface area (Å²) in [5.41, 5.74) is 5.43. The number of carbonyl (C=O) groups is 4. The van der Waals surface area contributed by atoms with Crippen molar-refractivity contribution in [2.24, 2.45) is 11.7 Å². The highest BCUT2D eigenvalue weighted by Crippen LogP contribution is 2.29. The average molecular weight is 518 g/mol. The van der Waals surface area contributed by atoms with E-state index in [0.717, 1.165) is 25.7 Å². The van der Waals surface area contributed by atoms with E-state index in [9.17, 15) is 19.2 Å². The monoisotopic (exact) mass is 517 g/mol. The topological polar surface area (TPSA) is 155 Å². The molecule has 1 aliphatic heterocycles. The van der Waals surface area contributed by atoms with Crippen molar-refractivity contribution in [1.82, 2.24) is 20.5 Å². The van der Waals surface area contributed by atoms with Gasteiger partial charge in [-0.2, -0.15) is 0 Å². The maximum atomic E-state index is 13.5. The zero-order valence-electron chi connectivity index (χ0n) is 20.4. The standard InChI is InChI=1S/C25H35N5O5S/c26-11-5-4-9-18(22(33)24-27-12-14-36-24)29-23(34)20-10-6-13-30(20)25(35)19(28-16-21(31)32)15-17-7-2-1-3-8-17/h12,14,17-20,28H,1-3,6-11,13,15-16,26H2,(H,29,34)(H,31,32)/t18?,19-,20+/m1/s1. The summed E-state index contributed by atoms with van der Waals surface area (Å²) in [4.78, 5) is 56.6. The molecule has 10 nitrogen and oxygen atoms in total. The number of aliphatic carboxylic acids is 1. The van der Waals surface area contributed by atoms with Gasteiger partial charge in [0.1, 0.15) is 12.1 Å². The number of thiazole rings is 1. The molecule has 0 spiro atoms. The van der Waals surface area contributed by atoms with Crippen LogP contribution in [0.15, 0.2) is 11.6 Å². The molecule has 0 bridgehead atoms. The zero-order valence-corrected chi connectivity index (χ0v) is 21.2. The van der Waals surface area contributed by atoms with E-state index in [-0.39, 0.29) is 36.2 Å². The maximum absolute atomic E-state index is 13.5. The third kappa shape index (κ3) is 7.85. The van der Waals surface area contributed by atoms with Crippen LogP contribution in [0.25, 0.3) is 0 Å². The Morgan fingerprint density at radius 3 is 2.58 bits per heavy atom. The van der Waals surface area contributed by atoms with Gasteiger partial charge in [-0.3, -0.25) is 24.5 Å². The molecule has 1 unspecified atom stereocenters. The van der Waals surface area contributed by atoms with Gasteiger partial charge in [0.05, 0.1) is 19.1 Å². The van der Waals surface area contributed by atoms with Gasteiger partial charge in [-0.15, -0.1) is 11.3 Å². The van der Waals surface area contributed by atoms with Crippen LogP contribution in [0.2, 0.25) is 0 Å². The molecule has 0 aromatic carbocycles. The molecule has 1 saturated carbocycles. The number of rotatable bonds is 11. The highest BCUT2D eigenvalue weighted by molar-refractivity contribution is 7.11. The van der Waals surface area contributed by atoms with E-state index in [0.29, 0.717) is 31.7 Å². The number of nitrogens with zero attached hydrogens (tertiary/aromatic N) is 2. The minimum Gasteiger partial charge on any atom is -0.480 e. The van der Waals surface area contributed by atoms with E-state index in [1.165, 1.54) is 28.9 Å². The fourth-order valence-corrected chi connectivity index (χ4v) is 5.59. The molecule has 2 aliphatic rings. The van der Waals surface area contributed by atoms with Crippen molar-refractivity contribution < 1.29 is 24.3 Å². The highest BCUT2D eigenvalue weighted by Gasteiger charge is 2.39. The lowest BCUT2D eigenvalue weighted by Gasteiger charge is -2.32. The van der Waals surface area contributed by atoms with E-state index in [2.05, 4.69) is 27.5 Å². The number of amides is 2. The van der Waals surface area contributed by atoms with Crippen LogP contribution in [-0.2, 0) is 14.4 Å². The molecule has 3 atom stereocenters. The van der Waals surface area contributed by atoms with Crippen LogP contribution >= 0.6 is 11.3 Å². The van der Waals surface area contributed by atoms with Gasteiger partial charge in [0.15, 0.2) is 5.01 Å². The maximum Gasteiger partial charge on any atom is 0.317 e. The van der Waals surface area contributed by atoms with Gasteiger partial charge in [0.25, 0.3) is 0 Å². The minimum atomic E-state index is -1.03. The Balaban J connectivity index is 1.71. The number of likely N-dealkylation sites (tertiary alicyclic amines) is 1. The SMILES string of the molecule is NCC#CCC(NC(=O)[C@@H]1CCCN1C(=O)[C@@H](CC1CCCCC1)NCC(=O)O)C(=O)c1nccs1. The first kappa shape index (κ1) is 27.8. The zero-order chi connectivity index (χ0) is 25.9. The van der Waals surface area contributed by atoms with Crippen LogP contribution in [0, 0.1) is 17.8 Å². The van der Waals surface area contributed by atoms with E-state index in [4.69, 9.17) is 10.8 Å². The predicted octanol–water partition coefficient (Wildman–Crippen LogP) is 1.17.